The lowest BCUT2D eigenvalue weighted by molar-refractivity contribution is 0.0327. The average molecular weight is 350 g/mol. The van der Waals surface area contributed by atoms with E-state index in [1.54, 1.807) is 18.2 Å². The second-order valence-electron chi connectivity index (χ2n) is 7.63. The monoisotopic (exact) mass is 350 g/mol. The Kier molecular flexibility index (Phi) is 6.31. The summed E-state index contributed by atoms with van der Waals surface area (Å²) in [5.74, 6) is -0.123. The highest BCUT2D eigenvalue weighted by atomic mass is 19.1. The first-order valence-electron chi connectivity index (χ1n) is 9.62. The molecule has 2 heterocycles. The van der Waals surface area contributed by atoms with Gasteiger partial charge >= 0.3 is 0 Å². The number of aliphatic hydroxyl groups excluding tert-OH is 1. The summed E-state index contributed by atoms with van der Waals surface area (Å²) in [6.45, 7) is 8.61. The third kappa shape index (κ3) is 4.72. The molecule has 2 aliphatic rings. The van der Waals surface area contributed by atoms with E-state index in [1.807, 2.05) is 0 Å². The molecule has 2 aliphatic heterocycles. The quantitative estimate of drug-likeness (QED) is 0.906. The largest absolute Gasteiger partial charge is 0.485 e. The van der Waals surface area contributed by atoms with Crippen molar-refractivity contribution in [1.29, 1.82) is 0 Å². The van der Waals surface area contributed by atoms with E-state index in [4.69, 9.17) is 4.74 Å². The molecule has 2 saturated heterocycles. The number of nitrogens with zero attached hydrogens (tertiary/aromatic N) is 2. The van der Waals surface area contributed by atoms with Crippen molar-refractivity contribution in [1.82, 2.24) is 9.80 Å². The maximum absolute atomic E-state index is 13.8. The van der Waals surface area contributed by atoms with Crippen LogP contribution in [0.1, 0.15) is 39.5 Å². The summed E-state index contributed by atoms with van der Waals surface area (Å²) in [6.07, 6.45) is 2.92. The van der Waals surface area contributed by atoms with Crippen molar-refractivity contribution < 1.29 is 14.2 Å². The minimum Gasteiger partial charge on any atom is -0.485 e. The summed E-state index contributed by atoms with van der Waals surface area (Å²) < 4.78 is 19.6. The van der Waals surface area contributed by atoms with Gasteiger partial charge in [-0.2, -0.15) is 0 Å². The van der Waals surface area contributed by atoms with Crippen LogP contribution in [0.15, 0.2) is 24.3 Å². The highest BCUT2D eigenvalue weighted by Gasteiger charge is 2.31. The molecule has 3 rings (SSSR count). The van der Waals surface area contributed by atoms with Crippen LogP contribution in [0.4, 0.5) is 4.39 Å². The molecule has 0 radical (unpaired) electrons. The molecule has 25 heavy (non-hydrogen) atoms. The Labute approximate surface area is 150 Å². The molecule has 5 heteroatoms. The Bertz CT molecular complexity index is 546. The molecule has 0 saturated carbocycles. The molecule has 0 aliphatic carbocycles. The van der Waals surface area contributed by atoms with Crippen molar-refractivity contribution in [3.8, 4) is 5.75 Å². The van der Waals surface area contributed by atoms with Gasteiger partial charge in [-0.05, 0) is 64.8 Å². The van der Waals surface area contributed by atoms with E-state index in [0.717, 1.165) is 32.6 Å². The Morgan fingerprint density at radius 1 is 1.04 bits per heavy atom. The molecule has 0 unspecified atom stereocenters. The molecule has 1 aromatic carbocycles. The first kappa shape index (κ1) is 18.6. The number of aliphatic hydroxyl groups is 1. The minimum absolute atomic E-state index is 0.241. The lowest BCUT2D eigenvalue weighted by Crippen LogP contribution is -2.47. The normalized spacial score (nSPS) is 27.4. The molecule has 140 valence electrons. The van der Waals surface area contributed by atoms with Crippen molar-refractivity contribution in [2.24, 2.45) is 0 Å². The summed E-state index contributed by atoms with van der Waals surface area (Å²) in [4.78, 5) is 5.04. The van der Waals surface area contributed by atoms with Crippen LogP contribution in [-0.4, -0.2) is 65.4 Å². The SMILES string of the molecule is CC(C)N1CCC(N2CC[C@H](Oc3ccccc3F)[C@@H](O)CC2)CC1. The number of halogens is 1. The number of benzene rings is 1. The number of rotatable bonds is 4. The van der Waals surface area contributed by atoms with Gasteiger partial charge in [0.1, 0.15) is 6.10 Å². The van der Waals surface area contributed by atoms with Crippen molar-refractivity contribution in [3.63, 3.8) is 0 Å². The van der Waals surface area contributed by atoms with Crippen LogP contribution < -0.4 is 4.74 Å². The fourth-order valence-electron chi connectivity index (χ4n) is 4.05. The molecule has 4 nitrogen and oxygen atoms in total. The second kappa shape index (κ2) is 8.47. The molecular weight excluding hydrogens is 319 g/mol. The Balaban J connectivity index is 1.55. The van der Waals surface area contributed by atoms with Gasteiger partial charge in [-0.1, -0.05) is 12.1 Å². The maximum Gasteiger partial charge on any atom is 0.165 e. The van der Waals surface area contributed by atoms with E-state index in [0.29, 0.717) is 18.5 Å². The summed E-state index contributed by atoms with van der Waals surface area (Å²) in [5, 5.41) is 10.4. The zero-order valence-corrected chi connectivity index (χ0v) is 15.4. The number of hydrogen-bond acceptors (Lipinski definition) is 4. The van der Waals surface area contributed by atoms with Crippen LogP contribution in [0.5, 0.6) is 5.75 Å². The maximum atomic E-state index is 13.8. The number of ether oxygens (including phenoxy) is 1. The van der Waals surface area contributed by atoms with Crippen LogP contribution in [0, 0.1) is 5.82 Å². The van der Waals surface area contributed by atoms with Crippen LogP contribution in [-0.2, 0) is 0 Å². The van der Waals surface area contributed by atoms with Gasteiger partial charge in [0.15, 0.2) is 11.6 Å². The smallest absolute Gasteiger partial charge is 0.165 e. The molecule has 2 fully saturated rings. The van der Waals surface area contributed by atoms with Gasteiger partial charge in [-0.3, -0.25) is 0 Å². The fourth-order valence-corrected chi connectivity index (χ4v) is 4.05. The summed E-state index contributed by atoms with van der Waals surface area (Å²) >= 11 is 0. The molecule has 0 aromatic heterocycles. The Hall–Kier alpha value is -1.17. The predicted octanol–water partition coefficient (Wildman–Crippen LogP) is 2.90. The number of hydrogen-bond donors (Lipinski definition) is 1. The van der Waals surface area contributed by atoms with Gasteiger partial charge in [-0.25, -0.2) is 4.39 Å². The summed E-state index contributed by atoms with van der Waals surface area (Å²) in [6, 6.07) is 7.65. The molecular formula is C20H31FN2O2. The van der Waals surface area contributed by atoms with Crippen LogP contribution in [0.2, 0.25) is 0 Å². The van der Waals surface area contributed by atoms with Gasteiger partial charge < -0.3 is 19.6 Å². The third-order valence-electron chi connectivity index (χ3n) is 5.70. The molecule has 1 N–H and O–H groups in total. The number of piperidine rings is 1. The highest BCUT2D eigenvalue weighted by molar-refractivity contribution is 5.24. The van der Waals surface area contributed by atoms with E-state index < -0.39 is 6.10 Å². The highest BCUT2D eigenvalue weighted by Crippen LogP contribution is 2.25. The van der Waals surface area contributed by atoms with Gasteiger partial charge in [-0.15, -0.1) is 0 Å². The molecule has 0 amide bonds. The second-order valence-corrected chi connectivity index (χ2v) is 7.63. The summed E-state index contributed by atoms with van der Waals surface area (Å²) in [5.41, 5.74) is 0. The van der Waals surface area contributed by atoms with Gasteiger partial charge in [0.2, 0.25) is 0 Å². The minimum atomic E-state index is -0.541. The third-order valence-corrected chi connectivity index (χ3v) is 5.70. The van der Waals surface area contributed by atoms with Gasteiger partial charge in [0, 0.05) is 25.2 Å². The van der Waals surface area contributed by atoms with Crippen molar-refractivity contribution in [2.45, 2.75) is 63.8 Å². The predicted molar refractivity (Wildman–Crippen MR) is 97.4 cm³/mol. The zero-order chi connectivity index (χ0) is 17.8. The topological polar surface area (TPSA) is 35.9 Å². The first-order valence-corrected chi connectivity index (χ1v) is 9.62. The van der Waals surface area contributed by atoms with Crippen molar-refractivity contribution in [3.05, 3.63) is 30.1 Å². The van der Waals surface area contributed by atoms with Crippen molar-refractivity contribution in [2.75, 3.05) is 26.2 Å². The van der Waals surface area contributed by atoms with Gasteiger partial charge in [0.05, 0.1) is 6.10 Å². The van der Waals surface area contributed by atoms with Gasteiger partial charge in [0.25, 0.3) is 0 Å². The zero-order valence-electron chi connectivity index (χ0n) is 15.4. The lowest BCUT2D eigenvalue weighted by Gasteiger charge is -2.39. The molecule has 0 spiro atoms. The van der Waals surface area contributed by atoms with E-state index in [9.17, 15) is 9.50 Å². The van der Waals surface area contributed by atoms with E-state index >= 15 is 0 Å². The molecule has 0 bridgehead atoms. The van der Waals surface area contributed by atoms with Crippen LogP contribution in [0.3, 0.4) is 0 Å². The number of para-hydroxylation sites is 1. The average Bonchev–Trinajstić information content (AvgIpc) is 2.79. The number of likely N-dealkylation sites (tertiary alicyclic amines) is 2. The Morgan fingerprint density at radius 2 is 1.72 bits per heavy atom. The van der Waals surface area contributed by atoms with E-state index in [1.165, 1.54) is 18.9 Å². The first-order chi connectivity index (χ1) is 12.0. The van der Waals surface area contributed by atoms with Crippen molar-refractivity contribution >= 4 is 0 Å². The standard InChI is InChI=1S/C20H31FN2O2/c1-15(2)22-11-7-16(8-12-22)23-13-9-18(24)20(10-14-23)25-19-6-4-3-5-17(19)21/h3-6,15-16,18,20,24H,7-14H2,1-2H3/t18-,20-/m0/s1. The van der Waals surface area contributed by atoms with E-state index in [2.05, 4.69) is 23.6 Å². The molecule has 2 atom stereocenters. The van der Waals surface area contributed by atoms with Crippen LogP contribution >= 0.6 is 0 Å². The summed E-state index contributed by atoms with van der Waals surface area (Å²) in [7, 11) is 0. The van der Waals surface area contributed by atoms with Crippen LogP contribution in [0.25, 0.3) is 0 Å². The van der Waals surface area contributed by atoms with E-state index in [-0.39, 0.29) is 17.7 Å². The Morgan fingerprint density at radius 3 is 2.40 bits per heavy atom. The lowest BCUT2D eigenvalue weighted by atomic mass is 10.0. The fraction of sp³-hybridized carbons (Fsp3) is 0.700. The molecule has 1 aromatic rings.